The quantitative estimate of drug-likeness (QED) is 0.574. The van der Waals surface area contributed by atoms with Crippen LogP contribution in [-0.2, 0) is 0 Å². The Morgan fingerprint density at radius 1 is 1.07 bits per heavy atom. The molecule has 0 atom stereocenters. The normalized spacial score (nSPS) is 12.5. The van der Waals surface area contributed by atoms with Crippen LogP contribution in [0.1, 0.15) is 17.5 Å². The highest BCUT2D eigenvalue weighted by atomic mass is 32.1. The van der Waals surface area contributed by atoms with Gasteiger partial charge in [-0.05, 0) is 60.4 Å². The van der Waals surface area contributed by atoms with E-state index in [1.165, 1.54) is 4.88 Å². The predicted octanol–water partition coefficient (Wildman–Crippen LogP) is 4.20. The second-order valence-electron chi connectivity index (χ2n) is 6.43. The lowest BCUT2D eigenvalue weighted by atomic mass is 10.1. The molecule has 5 heteroatoms. The average Bonchev–Trinajstić information content (AvgIpc) is 3.39. The molecule has 4 aromatic rings. The number of hydrogen-bond donors (Lipinski definition) is 1. The highest BCUT2D eigenvalue weighted by Gasteiger charge is 2.12. The summed E-state index contributed by atoms with van der Waals surface area (Å²) in [5.74, 6) is 0. The van der Waals surface area contributed by atoms with Gasteiger partial charge in [0.2, 0.25) is 0 Å². The minimum Gasteiger partial charge on any atom is -0.276 e. The van der Waals surface area contributed by atoms with E-state index in [0.29, 0.717) is 0 Å². The summed E-state index contributed by atoms with van der Waals surface area (Å²) >= 11 is 1.71. The van der Waals surface area contributed by atoms with E-state index in [4.69, 9.17) is 4.98 Å². The summed E-state index contributed by atoms with van der Waals surface area (Å²) in [6.07, 6.45) is 5.98. The van der Waals surface area contributed by atoms with Crippen molar-refractivity contribution in [3.8, 4) is 22.6 Å². The maximum Gasteiger partial charge on any atom is 0.0928 e. The van der Waals surface area contributed by atoms with E-state index in [0.717, 1.165) is 44.5 Å². The summed E-state index contributed by atoms with van der Waals surface area (Å²) in [5.41, 5.74) is 5.58. The summed E-state index contributed by atoms with van der Waals surface area (Å²) < 4.78 is 0. The van der Waals surface area contributed by atoms with E-state index < -0.39 is 0 Å². The molecule has 4 rings (SSSR count). The molecule has 0 saturated carbocycles. The third kappa shape index (κ3) is 3.57. The molecule has 28 heavy (non-hydrogen) atoms. The number of rotatable bonds is 4. The predicted molar refractivity (Wildman–Crippen MR) is 117 cm³/mol. The Labute approximate surface area is 167 Å². The zero-order chi connectivity index (χ0) is 19.5. The van der Waals surface area contributed by atoms with Gasteiger partial charge in [-0.2, -0.15) is 5.10 Å². The molecule has 0 radical (unpaired) electrons. The van der Waals surface area contributed by atoms with Crippen LogP contribution in [0.3, 0.4) is 0 Å². The van der Waals surface area contributed by atoms with Gasteiger partial charge in [0.15, 0.2) is 0 Å². The second-order valence-corrected chi connectivity index (χ2v) is 7.38. The molecule has 0 aliphatic carbocycles. The minimum absolute atomic E-state index is 0.840. The van der Waals surface area contributed by atoms with Crippen LogP contribution >= 0.6 is 11.3 Å². The lowest BCUT2D eigenvalue weighted by molar-refractivity contribution is 1.08. The third-order valence-corrected chi connectivity index (χ3v) is 5.40. The molecule has 0 saturated heterocycles. The molecule has 0 amide bonds. The Morgan fingerprint density at radius 3 is 2.71 bits per heavy atom. The molecule has 0 fully saturated rings. The van der Waals surface area contributed by atoms with E-state index in [2.05, 4.69) is 51.4 Å². The summed E-state index contributed by atoms with van der Waals surface area (Å²) in [7, 11) is 0. The lowest BCUT2D eigenvalue weighted by Gasteiger charge is -2.04. The van der Waals surface area contributed by atoms with E-state index in [1.54, 1.807) is 17.5 Å². The van der Waals surface area contributed by atoms with Crippen LogP contribution in [-0.4, -0.2) is 20.2 Å². The van der Waals surface area contributed by atoms with Gasteiger partial charge in [-0.3, -0.25) is 10.1 Å². The van der Waals surface area contributed by atoms with Crippen molar-refractivity contribution in [2.45, 2.75) is 13.8 Å². The van der Waals surface area contributed by atoms with Crippen molar-refractivity contribution in [3.05, 3.63) is 81.3 Å². The fourth-order valence-corrected chi connectivity index (χ4v) is 3.80. The van der Waals surface area contributed by atoms with Gasteiger partial charge in [0.05, 0.1) is 28.6 Å². The SMILES string of the molecule is C=c1ccc(-c2cn[nH]c2-c2cccc(C)n2)n/c1=C/C(=C\C)c1cccs1. The van der Waals surface area contributed by atoms with Gasteiger partial charge in [-0.25, -0.2) is 4.98 Å². The molecular weight excluding hydrogens is 364 g/mol. The van der Waals surface area contributed by atoms with Crippen molar-refractivity contribution in [1.82, 2.24) is 20.2 Å². The van der Waals surface area contributed by atoms with Crippen LogP contribution in [0.2, 0.25) is 0 Å². The van der Waals surface area contributed by atoms with Crippen LogP contribution in [0.4, 0.5) is 0 Å². The Kier molecular flexibility index (Phi) is 5.00. The van der Waals surface area contributed by atoms with Crippen molar-refractivity contribution in [1.29, 1.82) is 0 Å². The minimum atomic E-state index is 0.840. The second kappa shape index (κ2) is 7.74. The van der Waals surface area contributed by atoms with Crippen molar-refractivity contribution in [2.24, 2.45) is 0 Å². The molecule has 4 heterocycles. The largest absolute Gasteiger partial charge is 0.276 e. The summed E-state index contributed by atoms with van der Waals surface area (Å²) in [6, 6.07) is 14.1. The topological polar surface area (TPSA) is 54.5 Å². The van der Waals surface area contributed by atoms with Crippen LogP contribution in [0.5, 0.6) is 0 Å². The van der Waals surface area contributed by atoms with Crippen molar-refractivity contribution >= 4 is 29.6 Å². The molecule has 0 aliphatic rings. The van der Waals surface area contributed by atoms with Crippen LogP contribution in [0.25, 0.3) is 40.9 Å². The van der Waals surface area contributed by atoms with Gasteiger partial charge in [0.25, 0.3) is 0 Å². The number of pyridine rings is 2. The Balaban J connectivity index is 1.82. The first kappa shape index (κ1) is 18.1. The molecule has 0 spiro atoms. The molecule has 4 nitrogen and oxygen atoms in total. The van der Waals surface area contributed by atoms with Crippen molar-refractivity contribution < 1.29 is 0 Å². The molecule has 0 aliphatic heterocycles. The zero-order valence-corrected chi connectivity index (χ0v) is 16.6. The number of nitrogens with one attached hydrogen (secondary N) is 1. The first-order valence-electron chi connectivity index (χ1n) is 9.01. The average molecular weight is 385 g/mol. The zero-order valence-electron chi connectivity index (χ0n) is 15.8. The van der Waals surface area contributed by atoms with Gasteiger partial charge >= 0.3 is 0 Å². The Hall–Kier alpha value is -3.31. The monoisotopic (exact) mass is 384 g/mol. The van der Waals surface area contributed by atoms with Crippen LogP contribution < -0.4 is 10.6 Å². The van der Waals surface area contributed by atoms with E-state index in [9.17, 15) is 0 Å². The maximum absolute atomic E-state index is 4.88. The van der Waals surface area contributed by atoms with E-state index >= 15 is 0 Å². The fraction of sp³-hybridized carbons (Fsp3) is 0.0870. The summed E-state index contributed by atoms with van der Waals surface area (Å²) in [5, 5.41) is 11.1. The number of allylic oxidation sites excluding steroid dienone is 2. The standard InChI is InChI=1S/C23H20N4S/c1-4-17(22-9-6-12-28-22)13-21-15(2)10-11-19(26-21)18-14-24-27-23(18)20-8-5-7-16(3)25-20/h4-14H,2H2,1,3H3,(H,24,27)/b17-4+,21-13+. The molecule has 1 N–H and O–H groups in total. The third-order valence-electron chi connectivity index (χ3n) is 4.48. The Bertz CT molecular complexity index is 1250. The number of aryl methyl sites for hydroxylation is 1. The number of hydrogen-bond acceptors (Lipinski definition) is 4. The summed E-state index contributed by atoms with van der Waals surface area (Å²) in [6.45, 7) is 8.17. The molecular formula is C23H20N4S. The van der Waals surface area contributed by atoms with Crippen LogP contribution in [0.15, 0.2) is 60.1 Å². The number of thiophene rings is 1. The van der Waals surface area contributed by atoms with Gasteiger partial charge in [0.1, 0.15) is 0 Å². The smallest absolute Gasteiger partial charge is 0.0928 e. The molecule has 0 bridgehead atoms. The highest BCUT2D eigenvalue weighted by Crippen LogP contribution is 2.27. The lowest BCUT2D eigenvalue weighted by Crippen LogP contribution is -2.27. The number of H-pyrrole nitrogens is 1. The molecule has 4 aromatic heterocycles. The maximum atomic E-state index is 4.88. The van der Waals surface area contributed by atoms with Crippen molar-refractivity contribution in [3.63, 3.8) is 0 Å². The fourth-order valence-electron chi connectivity index (χ4n) is 3.02. The van der Waals surface area contributed by atoms with E-state index in [-0.39, 0.29) is 0 Å². The summed E-state index contributed by atoms with van der Waals surface area (Å²) in [4.78, 5) is 10.7. The first-order chi connectivity index (χ1) is 13.7. The molecule has 0 aromatic carbocycles. The highest BCUT2D eigenvalue weighted by molar-refractivity contribution is 7.11. The van der Waals surface area contributed by atoms with Crippen molar-refractivity contribution in [2.75, 3.05) is 0 Å². The Morgan fingerprint density at radius 2 is 1.96 bits per heavy atom. The number of nitrogens with zero attached hydrogens (tertiary/aromatic N) is 3. The van der Waals surface area contributed by atoms with Gasteiger partial charge in [-0.1, -0.05) is 30.9 Å². The molecule has 138 valence electrons. The van der Waals surface area contributed by atoms with Gasteiger partial charge < -0.3 is 0 Å². The molecule has 0 unspecified atom stereocenters. The number of aromatic amines is 1. The van der Waals surface area contributed by atoms with Gasteiger partial charge in [-0.15, -0.1) is 11.3 Å². The van der Waals surface area contributed by atoms with E-state index in [1.807, 2.05) is 44.2 Å². The van der Waals surface area contributed by atoms with Gasteiger partial charge in [0, 0.05) is 16.1 Å². The first-order valence-corrected chi connectivity index (χ1v) is 9.89. The number of aromatic nitrogens is 4. The van der Waals surface area contributed by atoms with Crippen LogP contribution in [0, 0.1) is 6.92 Å².